The summed E-state index contributed by atoms with van der Waals surface area (Å²) in [6.07, 6.45) is 1.90. The van der Waals surface area contributed by atoms with Crippen molar-refractivity contribution in [3.8, 4) is 5.75 Å². The Morgan fingerprint density at radius 3 is 2.81 bits per heavy atom. The number of amides is 3. The van der Waals surface area contributed by atoms with Crippen molar-refractivity contribution in [3.63, 3.8) is 0 Å². The summed E-state index contributed by atoms with van der Waals surface area (Å²) < 4.78 is 5.77. The Balaban J connectivity index is 1.45. The molecule has 3 aliphatic heterocycles. The number of hydrogen-bond acceptors (Lipinski definition) is 6. The third kappa shape index (κ3) is 3.11. The molecule has 4 heterocycles. The topological polar surface area (TPSA) is 105 Å². The number of anilines is 2. The minimum Gasteiger partial charge on any atom is -0.476 e. The average Bonchev–Trinajstić information content (AvgIpc) is 3.34. The van der Waals surface area contributed by atoms with Crippen LogP contribution in [0.25, 0.3) is 0 Å². The highest BCUT2D eigenvalue weighted by atomic mass is 16.5. The molecule has 166 valence electrons. The van der Waals surface area contributed by atoms with E-state index in [2.05, 4.69) is 15.3 Å². The van der Waals surface area contributed by atoms with Crippen molar-refractivity contribution < 1.29 is 19.1 Å². The van der Waals surface area contributed by atoms with Gasteiger partial charge in [-0.3, -0.25) is 19.3 Å². The van der Waals surface area contributed by atoms with Crippen molar-refractivity contribution in [1.29, 1.82) is 0 Å². The van der Waals surface area contributed by atoms with Gasteiger partial charge in [0.2, 0.25) is 5.91 Å². The van der Waals surface area contributed by atoms with Gasteiger partial charge >= 0.3 is 0 Å². The number of fused-ring (bicyclic) bond motifs is 2. The van der Waals surface area contributed by atoms with E-state index in [0.29, 0.717) is 41.6 Å². The first kappa shape index (κ1) is 20.4. The second kappa shape index (κ2) is 7.01. The third-order valence-corrected chi connectivity index (χ3v) is 6.43. The molecule has 9 nitrogen and oxygen atoms in total. The first-order valence-corrected chi connectivity index (χ1v) is 10.7. The van der Waals surface area contributed by atoms with E-state index in [1.165, 1.54) is 0 Å². The molecule has 0 unspecified atom stereocenters. The smallest absolute Gasteiger partial charge is 0.268 e. The van der Waals surface area contributed by atoms with Crippen LogP contribution in [0.5, 0.6) is 5.75 Å². The molecule has 1 saturated heterocycles. The van der Waals surface area contributed by atoms with Gasteiger partial charge in [-0.05, 0) is 51.8 Å². The lowest BCUT2D eigenvalue weighted by Crippen LogP contribution is -2.45. The van der Waals surface area contributed by atoms with Crippen LogP contribution in [0.3, 0.4) is 0 Å². The lowest BCUT2D eigenvalue weighted by atomic mass is 10.0. The van der Waals surface area contributed by atoms with Crippen LogP contribution in [-0.2, 0) is 16.0 Å². The molecule has 0 radical (unpaired) electrons. The first-order valence-electron chi connectivity index (χ1n) is 10.7. The van der Waals surface area contributed by atoms with Gasteiger partial charge in [-0.15, -0.1) is 0 Å². The number of ether oxygens (including phenoxy) is 1. The van der Waals surface area contributed by atoms with Gasteiger partial charge in [0.15, 0.2) is 11.4 Å². The van der Waals surface area contributed by atoms with Crippen LogP contribution >= 0.6 is 0 Å². The van der Waals surface area contributed by atoms with Crippen molar-refractivity contribution >= 4 is 29.2 Å². The molecular formula is C23H25N5O4. The summed E-state index contributed by atoms with van der Waals surface area (Å²) in [4.78, 5) is 50.4. The van der Waals surface area contributed by atoms with Gasteiger partial charge in [-0.2, -0.15) is 0 Å². The van der Waals surface area contributed by atoms with Gasteiger partial charge < -0.3 is 15.0 Å². The Kier molecular flexibility index (Phi) is 4.47. The molecule has 2 aromatic rings. The first-order chi connectivity index (χ1) is 15.2. The van der Waals surface area contributed by atoms with Crippen molar-refractivity contribution in [3.05, 3.63) is 40.8 Å². The number of likely N-dealkylation sites (N-methyl/N-ethyl adjacent to an activating group) is 1. The number of nitrogens with zero attached hydrogens (tertiary/aromatic N) is 4. The number of rotatable bonds is 2. The molecular weight excluding hydrogens is 410 g/mol. The lowest BCUT2D eigenvalue weighted by molar-refractivity contribution is -0.129. The zero-order valence-electron chi connectivity index (χ0n) is 18.6. The van der Waals surface area contributed by atoms with Crippen molar-refractivity contribution in [2.75, 3.05) is 23.8 Å². The number of carbonyl (C=O) groups excluding carboxylic acids is 3. The highest BCUT2D eigenvalue weighted by Gasteiger charge is 2.38. The summed E-state index contributed by atoms with van der Waals surface area (Å²) in [5.41, 5.74) is 1.62. The molecule has 1 fully saturated rings. The monoisotopic (exact) mass is 435 g/mol. The maximum Gasteiger partial charge on any atom is 0.268 e. The predicted molar refractivity (Wildman–Crippen MR) is 117 cm³/mol. The minimum atomic E-state index is -0.962. The van der Waals surface area contributed by atoms with E-state index in [1.54, 1.807) is 48.9 Å². The zero-order valence-corrected chi connectivity index (χ0v) is 18.6. The van der Waals surface area contributed by atoms with E-state index in [-0.39, 0.29) is 23.8 Å². The van der Waals surface area contributed by atoms with Gasteiger partial charge in [0.1, 0.15) is 11.6 Å². The van der Waals surface area contributed by atoms with E-state index < -0.39 is 5.60 Å². The Labute approximate surface area is 185 Å². The highest BCUT2D eigenvalue weighted by Crippen LogP contribution is 2.37. The van der Waals surface area contributed by atoms with Crippen LogP contribution in [0, 0.1) is 6.92 Å². The minimum absolute atomic E-state index is 0.00425. The second-order valence-electron chi connectivity index (χ2n) is 9.03. The van der Waals surface area contributed by atoms with Crippen LogP contribution in [0.1, 0.15) is 60.2 Å². The molecule has 1 N–H and O–H groups in total. The number of benzene rings is 1. The maximum atomic E-state index is 13.4. The molecule has 0 aliphatic carbocycles. The van der Waals surface area contributed by atoms with Gasteiger partial charge in [-0.25, -0.2) is 9.97 Å². The summed E-state index contributed by atoms with van der Waals surface area (Å²) >= 11 is 0. The number of aryl methyl sites for hydroxylation is 1. The normalized spacial score (nSPS) is 21.2. The van der Waals surface area contributed by atoms with Crippen LogP contribution in [0.15, 0.2) is 18.2 Å². The van der Waals surface area contributed by atoms with Crippen LogP contribution in [0.2, 0.25) is 0 Å². The summed E-state index contributed by atoms with van der Waals surface area (Å²) in [5.74, 6) is 1.32. The van der Waals surface area contributed by atoms with Crippen LogP contribution < -0.4 is 15.0 Å². The van der Waals surface area contributed by atoms with Gasteiger partial charge in [0, 0.05) is 30.4 Å². The molecule has 1 atom stereocenters. The number of hydrogen-bond donors (Lipinski definition) is 1. The zero-order chi connectivity index (χ0) is 22.8. The molecule has 3 aliphatic rings. The number of likely N-dealkylation sites (tertiary alicyclic amines) is 1. The highest BCUT2D eigenvalue weighted by molar-refractivity contribution is 6.03. The number of nitrogens with one attached hydrogen (secondary N) is 1. The summed E-state index contributed by atoms with van der Waals surface area (Å²) in [7, 11) is 1.71. The SMILES string of the molecule is Cc1nc([C@H]2CCCN2C(=O)c2ccc3c(c2)NC(=O)C(C)(C)O3)nc2c1CC(=O)N2C. The fourth-order valence-electron chi connectivity index (χ4n) is 4.51. The molecule has 1 aromatic heterocycles. The van der Waals surface area contributed by atoms with Crippen LogP contribution in [-0.4, -0.2) is 51.8 Å². The van der Waals surface area contributed by atoms with Crippen LogP contribution in [0.4, 0.5) is 11.5 Å². The number of aromatic nitrogens is 2. The third-order valence-electron chi connectivity index (χ3n) is 6.43. The van der Waals surface area contributed by atoms with E-state index >= 15 is 0 Å². The fourth-order valence-corrected chi connectivity index (χ4v) is 4.51. The van der Waals surface area contributed by atoms with Gasteiger partial charge in [0.25, 0.3) is 11.8 Å². The standard InChI is InChI=1S/C23H25N5O4/c1-12-14-11-18(29)27(4)20(14)26-19(24-12)16-6-5-9-28(16)21(30)13-7-8-17-15(10-13)25-22(31)23(2,3)32-17/h7-8,10,16H,5-6,9,11H2,1-4H3,(H,25,31)/t16-/m1/s1. The molecule has 0 spiro atoms. The van der Waals surface area contributed by atoms with E-state index in [4.69, 9.17) is 4.74 Å². The van der Waals surface area contributed by atoms with Crippen molar-refractivity contribution in [2.24, 2.45) is 0 Å². The average molecular weight is 435 g/mol. The molecule has 5 rings (SSSR count). The fraction of sp³-hybridized carbons (Fsp3) is 0.435. The molecule has 9 heteroatoms. The van der Waals surface area contributed by atoms with Gasteiger partial charge in [-0.1, -0.05) is 0 Å². The Hall–Kier alpha value is -3.49. The van der Waals surface area contributed by atoms with E-state index in [0.717, 1.165) is 24.1 Å². The van der Waals surface area contributed by atoms with Gasteiger partial charge in [0.05, 0.1) is 18.2 Å². The second-order valence-corrected chi connectivity index (χ2v) is 9.03. The molecule has 3 amide bonds. The molecule has 1 aromatic carbocycles. The summed E-state index contributed by atoms with van der Waals surface area (Å²) in [6, 6.07) is 4.81. The maximum absolute atomic E-state index is 13.4. The molecule has 0 saturated carbocycles. The summed E-state index contributed by atoms with van der Waals surface area (Å²) in [6.45, 7) is 5.86. The molecule has 0 bridgehead atoms. The predicted octanol–water partition coefficient (Wildman–Crippen LogP) is 2.39. The Morgan fingerprint density at radius 1 is 1.25 bits per heavy atom. The molecule has 32 heavy (non-hydrogen) atoms. The Morgan fingerprint density at radius 2 is 2.03 bits per heavy atom. The van der Waals surface area contributed by atoms with Crippen molar-refractivity contribution in [1.82, 2.24) is 14.9 Å². The lowest BCUT2D eigenvalue weighted by Gasteiger charge is -2.32. The van der Waals surface area contributed by atoms with Crippen molar-refractivity contribution in [2.45, 2.75) is 51.7 Å². The van der Waals surface area contributed by atoms with E-state index in [9.17, 15) is 14.4 Å². The van der Waals surface area contributed by atoms with E-state index in [1.807, 2.05) is 6.92 Å². The Bertz CT molecular complexity index is 1180. The largest absolute Gasteiger partial charge is 0.476 e. The summed E-state index contributed by atoms with van der Waals surface area (Å²) in [5, 5.41) is 2.83. The quantitative estimate of drug-likeness (QED) is 0.777. The number of carbonyl (C=O) groups is 3.